The maximum atomic E-state index is 13.3. The van der Waals surface area contributed by atoms with Gasteiger partial charge in [-0.05, 0) is 51.3 Å². The van der Waals surface area contributed by atoms with E-state index in [0.717, 1.165) is 5.56 Å². The molecule has 2 aliphatic heterocycles. The molecule has 1 aromatic rings. The number of aliphatic carboxylic acids is 1. The number of urea groups is 1. The van der Waals surface area contributed by atoms with Crippen molar-refractivity contribution >= 4 is 19.7 Å². The number of carbonyl (C=O) groups excluding carboxylic acids is 1. The number of hydrogen-bond donors (Lipinski definition) is 4. The molecule has 0 aromatic heterocycles. The van der Waals surface area contributed by atoms with Crippen LogP contribution >= 0.6 is 7.75 Å². The third-order valence-corrected chi connectivity index (χ3v) is 6.71. The number of rotatable bonds is 9. The molecule has 32 heavy (non-hydrogen) atoms. The minimum absolute atomic E-state index is 0.139. The lowest BCUT2D eigenvalue weighted by Gasteiger charge is -2.32. The number of benzene rings is 1. The smallest absolute Gasteiger partial charge is 0.459 e. The van der Waals surface area contributed by atoms with Gasteiger partial charge in [0.15, 0.2) is 6.23 Å². The Kier molecular flexibility index (Phi) is 7.58. The highest BCUT2D eigenvalue weighted by Crippen LogP contribution is 2.45. The quantitative estimate of drug-likeness (QED) is 0.400. The molecule has 176 valence electrons. The zero-order chi connectivity index (χ0) is 23.5. The second-order valence-electron chi connectivity index (χ2n) is 7.81. The molecule has 2 unspecified atom stereocenters. The van der Waals surface area contributed by atoms with Gasteiger partial charge in [0, 0.05) is 6.20 Å². The van der Waals surface area contributed by atoms with Crippen LogP contribution in [0.25, 0.3) is 0 Å². The molecule has 5 atom stereocenters. The monoisotopic (exact) mass is 469 g/mol. The summed E-state index contributed by atoms with van der Waals surface area (Å²) in [6.07, 6.45) is 0.441. The van der Waals surface area contributed by atoms with Gasteiger partial charge in [-0.15, -0.1) is 0 Å². The molecule has 1 aromatic carbocycles. The van der Waals surface area contributed by atoms with Crippen molar-refractivity contribution in [3.63, 3.8) is 0 Å². The van der Waals surface area contributed by atoms with Gasteiger partial charge in [0.2, 0.25) is 0 Å². The molecule has 0 aliphatic carbocycles. The van der Waals surface area contributed by atoms with Gasteiger partial charge in [0.25, 0.3) is 0 Å². The Bertz CT molecular complexity index is 922. The normalized spacial score (nSPS) is 26.1. The molecule has 4 N–H and O–H groups in total. The molecule has 1 fully saturated rings. The number of ether oxygens (including phenoxy) is 1. The van der Waals surface area contributed by atoms with Crippen LogP contribution in [0.3, 0.4) is 0 Å². The van der Waals surface area contributed by atoms with Crippen molar-refractivity contribution in [3.05, 3.63) is 41.6 Å². The van der Waals surface area contributed by atoms with Crippen LogP contribution in [0.2, 0.25) is 0 Å². The minimum Gasteiger partial charge on any atom is -0.480 e. The molecule has 1 saturated heterocycles. The highest BCUT2D eigenvalue weighted by atomic mass is 31.2. The summed E-state index contributed by atoms with van der Waals surface area (Å²) in [6.45, 7) is 4.76. The number of carboxylic acids is 1. The lowest BCUT2D eigenvalue weighted by atomic mass is 10.2. The highest BCUT2D eigenvalue weighted by molar-refractivity contribution is 7.52. The Labute approximate surface area is 185 Å². The number of nitrogens with one attached hydrogen (secondary N) is 2. The number of carbonyl (C=O) groups is 2. The van der Waals surface area contributed by atoms with E-state index in [4.69, 9.17) is 13.8 Å². The SMILES string of the molecule is CC1=CN([C@H]2CC[C@@H](COP(=O)(NC(C)C(=O)O)Oc3ccc(C)cc3)O2)C(=O)N[C@H]1O. The molecule has 3 rings (SSSR count). The number of carboxylic acid groups (broad SMARTS) is 1. The summed E-state index contributed by atoms with van der Waals surface area (Å²) in [5.41, 5.74) is 1.54. The highest BCUT2D eigenvalue weighted by Gasteiger charge is 2.38. The number of aliphatic hydroxyl groups is 1. The Morgan fingerprint density at radius 2 is 2.03 bits per heavy atom. The third-order valence-electron chi connectivity index (χ3n) is 5.06. The molecule has 0 radical (unpaired) electrons. The van der Waals surface area contributed by atoms with Crippen LogP contribution in [0.5, 0.6) is 5.75 Å². The first kappa shape index (κ1) is 24.2. The maximum Gasteiger partial charge on any atom is 0.459 e. The van der Waals surface area contributed by atoms with Gasteiger partial charge in [-0.2, -0.15) is 5.09 Å². The van der Waals surface area contributed by atoms with Crippen molar-refractivity contribution in [3.8, 4) is 5.75 Å². The van der Waals surface area contributed by atoms with Crippen molar-refractivity contribution in [1.29, 1.82) is 0 Å². The molecule has 0 spiro atoms. The Morgan fingerprint density at radius 3 is 2.69 bits per heavy atom. The summed E-state index contributed by atoms with van der Waals surface area (Å²) in [4.78, 5) is 24.7. The third kappa shape index (κ3) is 6.08. The molecule has 2 heterocycles. The van der Waals surface area contributed by atoms with E-state index in [-0.39, 0.29) is 12.4 Å². The zero-order valence-corrected chi connectivity index (χ0v) is 19.0. The fourth-order valence-corrected chi connectivity index (χ4v) is 4.71. The van der Waals surface area contributed by atoms with Crippen molar-refractivity contribution < 1.29 is 38.2 Å². The molecular weight excluding hydrogens is 441 g/mol. The van der Waals surface area contributed by atoms with Gasteiger partial charge in [-0.1, -0.05) is 17.7 Å². The van der Waals surface area contributed by atoms with Crippen molar-refractivity contribution in [1.82, 2.24) is 15.3 Å². The summed E-state index contributed by atoms with van der Waals surface area (Å²) in [7, 11) is -4.05. The van der Waals surface area contributed by atoms with Gasteiger partial charge < -0.3 is 24.8 Å². The molecule has 0 bridgehead atoms. The average molecular weight is 469 g/mol. The summed E-state index contributed by atoms with van der Waals surface area (Å²) in [5, 5.41) is 23.7. The topological polar surface area (TPSA) is 147 Å². The van der Waals surface area contributed by atoms with E-state index >= 15 is 0 Å². The molecular formula is C20H28N3O8P. The lowest BCUT2D eigenvalue weighted by molar-refractivity contribution is -0.138. The van der Waals surface area contributed by atoms with E-state index in [1.165, 1.54) is 18.0 Å². The Balaban J connectivity index is 1.64. The summed E-state index contributed by atoms with van der Waals surface area (Å²) in [6, 6.07) is 5.08. The van der Waals surface area contributed by atoms with Gasteiger partial charge in [-0.25, -0.2) is 9.36 Å². The molecule has 12 heteroatoms. The van der Waals surface area contributed by atoms with Gasteiger partial charge in [0.1, 0.15) is 18.0 Å². The number of aryl methyl sites for hydroxylation is 1. The van der Waals surface area contributed by atoms with Crippen molar-refractivity contribution in [2.45, 2.75) is 58.2 Å². The average Bonchev–Trinajstić information content (AvgIpc) is 3.20. The van der Waals surface area contributed by atoms with Crippen LogP contribution < -0.4 is 14.9 Å². The van der Waals surface area contributed by atoms with Crippen molar-refractivity contribution in [2.75, 3.05) is 6.61 Å². The molecule has 2 amide bonds. The van der Waals surface area contributed by atoms with E-state index in [1.54, 1.807) is 31.2 Å². The van der Waals surface area contributed by atoms with Crippen molar-refractivity contribution in [2.24, 2.45) is 0 Å². The first-order valence-corrected chi connectivity index (χ1v) is 11.7. The number of hydrogen-bond acceptors (Lipinski definition) is 7. The Hall–Kier alpha value is -2.43. The second-order valence-corrected chi connectivity index (χ2v) is 9.50. The largest absolute Gasteiger partial charge is 0.480 e. The lowest BCUT2D eigenvalue weighted by Crippen LogP contribution is -2.51. The predicted molar refractivity (Wildman–Crippen MR) is 114 cm³/mol. The fourth-order valence-electron chi connectivity index (χ4n) is 3.18. The molecule has 2 aliphatic rings. The van der Waals surface area contributed by atoms with Crippen LogP contribution in [-0.2, 0) is 18.6 Å². The standard InChI is InChI=1S/C20H28N3O8P/c1-12-4-6-15(7-5-12)31-32(28,22-14(3)19(25)26)29-11-16-8-9-17(30-16)23-10-13(2)18(24)21-20(23)27/h4-7,10,14,16-18,24H,8-9,11H2,1-3H3,(H,21,27)(H,22,28)(H,25,26)/t14?,16-,17+,18-,32?/m0/s1. The van der Waals surface area contributed by atoms with Gasteiger partial charge in [0.05, 0.1) is 12.7 Å². The fraction of sp³-hybridized carbons (Fsp3) is 0.500. The summed E-state index contributed by atoms with van der Waals surface area (Å²) >= 11 is 0. The van der Waals surface area contributed by atoms with Crippen LogP contribution in [-0.4, -0.2) is 58.3 Å². The molecule has 11 nitrogen and oxygen atoms in total. The van der Waals surface area contributed by atoms with Crippen LogP contribution in [0.4, 0.5) is 4.79 Å². The zero-order valence-electron chi connectivity index (χ0n) is 18.1. The van der Waals surface area contributed by atoms with E-state index in [0.29, 0.717) is 18.4 Å². The van der Waals surface area contributed by atoms with Crippen LogP contribution in [0, 0.1) is 6.92 Å². The Morgan fingerprint density at radius 1 is 1.34 bits per heavy atom. The van der Waals surface area contributed by atoms with E-state index in [9.17, 15) is 24.4 Å². The van der Waals surface area contributed by atoms with E-state index < -0.39 is 44.3 Å². The van der Waals surface area contributed by atoms with E-state index in [2.05, 4.69) is 10.4 Å². The first-order valence-electron chi connectivity index (χ1n) is 10.2. The van der Waals surface area contributed by atoms with Crippen LogP contribution in [0.15, 0.2) is 36.0 Å². The second kappa shape index (κ2) is 10.0. The number of amides is 2. The van der Waals surface area contributed by atoms with Gasteiger partial charge >= 0.3 is 19.7 Å². The van der Waals surface area contributed by atoms with E-state index in [1.807, 2.05) is 6.92 Å². The number of nitrogens with zero attached hydrogens (tertiary/aromatic N) is 1. The predicted octanol–water partition coefficient (Wildman–Crippen LogP) is 2.31. The minimum atomic E-state index is -4.05. The van der Waals surface area contributed by atoms with Crippen LogP contribution in [0.1, 0.15) is 32.3 Å². The number of aliphatic hydroxyl groups excluding tert-OH is 1. The van der Waals surface area contributed by atoms with Gasteiger partial charge in [-0.3, -0.25) is 14.2 Å². The maximum absolute atomic E-state index is 13.3. The first-order chi connectivity index (χ1) is 15.1. The summed E-state index contributed by atoms with van der Waals surface area (Å²) in [5.74, 6) is -0.947. The molecule has 0 saturated carbocycles. The summed E-state index contributed by atoms with van der Waals surface area (Å²) < 4.78 is 30.2.